The summed E-state index contributed by atoms with van der Waals surface area (Å²) in [7, 11) is 3.24. The van der Waals surface area contributed by atoms with Gasteiger partial charge in [-0.3, -0.25) is 4.79 Å². The van der Waals surface area contributed by atoms with Crippen molar-refractivity contribution < 1.29 is 14.3 Å². The largest absolute Gasteiger partial charge is 0.496 e. The molecule has 5 heteroatoms. The van der Waals surface area contributed by atoms with E-state index in [4.69, 9.17) is 9.47 Å². The lowest BCUT2D eigenvalue weighted by molar-refractivity contribution is 0.103. The predicted octanol–water partition coefficient (Wildman–Crippen LogP) is 7.54. The summed E-state index contributed by atoms with van der Waals surface area (Å²) in [5, 5.41) is 3.30. The van der Waals surface area contributed by atoms with Gasteiger partial charge in [-0.05, 0) is 34.2 Å². The topological polar surface area (TPSA) is 35.5 Å². The van der Waals surface area contributed by atoms with Crippen molar-refractivity contribution in [3.63, 3.8) is 0 Å². The fourth-order valence-corrected chi connectivity index (χ4v) is 4.63. The average molecular weight is 554 g/mol. The van der Waals surface area contributed by atoms with Gasteiger partial charge in [-0.25, -0.2) is 0 Å². The molecule has 0 amide bonds. The number of benzene rings is 4. The van der Waals surface area contributed by atoms with Gasteiger partial charge < -0.3 is 9.47 Å². The van der Waals surface area contributed by atoms with Crippen molar-refractivity contribution in [3.05, 3.63) is 95.1 Å². The summed E-state index contributed by atoms with van der Waals surface area (Å²) in [5.41, 5.74) is 5.30. The number of rotatable bonds is 7. The van der Waals surface area contributed by atoms with Gasteiger partial charge in [0.1, 0.15) is 11.5 Å². The lowest BCUT2D eigenvalue weighted by Gasteiger charge is -2.18. The zero-order chi connectivity index (χ0) is 22.7. The maximum Gasteiger partial charge on any atom is 0.197 e. The Balaban J connectivity index is 2.03. The molecule has 4 aromatic rings. The molecule has 0 saturated heterocycles. The highest BCUT2D eigenvalue weighted by molar-refractivity contribution is 9.08. The van der Waals surface area contributed by atoms with Crippen molar-refractivity contribution in [1.29, 1.82) is 0 Å². The number of carbonyl (C=O) groups is 1. The number of hydrogen-bond acceptors (Lipinski definition) is 3. The molecule has 0 bridgehead atoms. The number of hydrogen-bond donors (Lipinski definition) is 0. The molecule has 4 rings (SSSR count). The molecule has 0 aliphatic rings. The van der Waals surface area contributed by atoms with Crippen molar-refractivity contribution in [1.82, 2.24) is 0 Å². The summed E-state index contributed by atoms with van der Waals surface area (Å²) < 4.78 is 11.4. The smallest absolute Gasteiger partial charge is 0.197 e. The Morgan fingerprint density at radius 3 is 1.78 bits per heavy atom. The molecular formula is C27H22Br2O3. The maximum atomic E-state index is 13.8. The second kappa shape index (κ2) is 9.88. The lowest BCUT2D eigenvalue weighted by Crippen LogP contribution is -2.06. The Hall–Kier alpha value is -2.63. The third kappa shape index (κ3) is 4.19. The number of ether oxygens (including phenoxy) is 2. The van der Waals surface area contributed by atoms with Crippen LogP contribution in [0.25, 0.3) is 21.9 Å². The number of alkyl halides is 2. The zero-order valence-corrected chi connectivity index (χ0v) is 21.0. The molecule has 0 aliphatic heterocycles. The molecule has 0 radical (unpaired) electrons. The van der Waals surface area contributed by atoms with Crippen LogP contribution in [0.5, 0.6) is 11.5 Å². The second-order valence-electron chi connectivity index (χ2n) is 7.37. The van der Waals surface area contributed by atoms with E-state index in [1.54, 1.807) is 14.2 Å². The number of carbonyl (C=O) groups excluding carboxylic acids is 1. The van der Waals surface area contributed by atoms with E-state index in [-0.39, 0.29) is 5.78 Å². The quantitative estimate of drug-likeness (QED) is 0.175. The molecule has 0 fully saturated rings. The van der Waals surface area contributed by atoms with Crippen molar-refractivity contribution in [2.45, 2.75) is 10.7 Å². The van der Waals surface area contributed by atoms with Crippen LogP contribution < -0.4 is 9.47 Å². The van der Waals surface area contributed by atoms with E-state index in [1.807, 2.05) is 48.5 Å². The second-order valence-corrected chi connectivity index (χ2v) is 8.50. The van der Waals surface area contributed by atoms with E-state index >= 15 is 0 Å². The van der Waals surface area contributed by atoms with Gasteiger partial charge in [0, 0.05) is 27.2 Å². The molecule has 0 saturated carbocycles. The van der Waals surface area contributed by atoms with Gasteiger partial charge in [-0.15, -0.1) is 0 Å². The van der Waals surface area contributed by atoms with Gasteiger partial charge in [0.05, 0.1) is 19.8 Å². The number of halogens is 2. The Labute approximate surface area is 204 Å². The predicted molar refractivity (Wildman–Crippen MR) is 138 cm³/mol. The molecule has 0 aromatic heterocycles. The maximum absolute atomic E-state index is 13.8. The summed E-state index contributed by atoms with van der Waals surface area (Å²) in [5.74, 6) is 1.17. The first-order valence-electron chi connectivity index (χ1n) is 10.1. The van der Waals surface area contributed by atoms with Crippen LogP contribution in [0.1, 0.15) is 27.0 Å². The van der Waals surface area contributed by atoms with Gasteiger partial charge >= 0.3 is 0 Å². The van der Waals surface area contributed by atoms with Crippen LogP contribution >= 0.6 is 31.9 Å². The van der Waals surface area contributed by atoms with Crippen molar-refractivity contribution >= 4 is 48.4 Å². The molecule has 0 atom stereocenters. The molecule has 0 unspecified atom stereocenters. The Kier molecular flexibility index (Phi) is 6.97. The van der Waals surface area contributed by atoms with Crippen molar-refractivity contribution in [2.24, 2.45) is 0 Å². The first kappa shape index (κ1) is 22.6. The number of methoxy groups -OCH3 is 2. The summed E-state index contributed by atoms with van der Waals surface area (Å²) >= 11 is 6.96. The summed E-state index contributed by atoms with van der Waals surface area (Å²) in [6.07, 6.45) is 0. The van der Waals surface area contributed by atoms with Gasteiger partial charge in [-0.2, -0.15) is 0 Å². The molecule has 0 N–H and O–H groups in total. The van der Waals surface area contributed by atoms with E-state index in [1.165, 1.54) is 5.56 Å². The average Bonchev–Trinajstić information content (AvgIpc) is 2.86. The highest BCUT2D eigenvalue weighted by Crippen LogP contribution is 2.42. The van der Waals surface area contributed by atoms with E-state index in [2.05, 4.69) is 56.1 Å². The Morgan fingerprint density at radius 2 is 1.25 bits per heavy atom. The van der Waals surface area contributed by atoms with Crippen molar-refractivity contribution in [2.75, 3.05) is 14.2 Å². The van der Waals surface area contributed by atoms with Gasteiger partial charge in [-0.1, -0.05) is 92.5 Å². The minimum absolute atomic E-state index is 0.0832. The standard InChI is InChI=1S/C27H22Br2O3/c1-31-22-13-11-20-12-14-23(32-2)26(27(30)21-9-5-18(16-29)6-10-21)25(20)24(22)19-7-3-17(15-28)4-8-19/h3-14H,15-16H2,1-2H3. The molecule has 4 aromatic carbocycles. The molecule has 162 valence electrons. The minimum atomic E-state index is -0.0832. The third-order valence-corrected chi connectivity index (χ3v) is 6.84. The summed E-state index contributed by atoms with van der Waals surface area (Å²) in [4.78, 5) is 13.8. The third-order valence-electron chi connectivity index (χ3n) is 5.54. The van der Waals surface area contributed by atoms with E-state index in [9.17, 15) is 4.79 Å². The van der Waals surface area contributed by atoms with Crippen LogP contribution in [0, 0.1) is 0 Å². The highest BCUT2D eigenvalue weighted by Gasteiger charge is 2.23. The Morgan fingerprint density at radius 1 is 0.719 bits per heavy atom. The van der Waals surface area contributed by atoms with Crippen LogP contribution in [0.15, 0.2) is 72.8 Å². The van der Waals surface area contributed by atoms with Crippen LogP contribution in [0.4, 0.5) is 0 Å². The first-order chi connectivity index (χ1) is 15.6. The highest BCUT2D eigenvalue weighted by atomic mass is 79.9. The lowest BCUT2D eigenvalue weighted by atomic mass is 9.89. The SMILES string of the molecule is COc1ccc2ccc(OC)c(-c3ccc(CBr)cc3)c2c1C(=O)c1ccc(CBr)cc1. The van der Waals surface area contributed by atoms with Gasteiger partial charge in [0.25, 0.3) is 0 Å². The summed E-state index contributed by atoms with van der Waals surface area (Å²) in [6.45, 7) is 0. The molecule has 32 heavy (non-hydrogen) atoms. The molecule has 3 nitrogen and oxygen atoms in total. The van der Waals surface area contributed by atoms with Crippen LogP contribution in [-0.4, -0.2) is 20.0 Å². The van der Waals surface area contributed by atoms with Crippen LogP contribution in [0.2, 0.25) is 0 Å². The molecule has 0 spiro atoms. The minimum Gasteiger partial charge on any atom is -0.496 e. The number of ketones is 1. The van der Waals surface area contributed by atoms with E-state index in [0.29, 0.717) is 22.6 Å². The molecule has 0 heterocycles. The van der Waals surface area contributed by atoms with Gasteiger partial charge in [0.15, 0.2) is 5.78 Å². The zero-order valence-electron chi connectivity index (χ0n) is 17.8. The van der Waals surface area contributed by atoms with Gasteiger partial charge in [0.2, 0.25) is 0 Å². The van der Waals surface area contributed by atoms with E-state index < -0.39 is 0 Å². The fraction of sp³-hybridized carbons (Fsp3) is 0.148. The summed E-state index contributed by atoms with van der Waals surface area (Å²) in [6, 6.07) is 23.7. The monoisotopic (exact) mass is 552 g/mol. The first-order valence-corrected chi connectivity index (χ1v) is 12.4. The normalized spacial score (nSPS) is 10.9. The van der Waals surface area contributed by atoms with E-state index in [0.717, 1.165) is 38.1 Å². The fourth-order valence-electron chi connectivity index (χ4n) is 3.88. The Bertz CT molecular complexity index is 1260. The van der Waals surface area contributed by atoms with Crippen LogP contribution in [-0.2, 0) is 10.7 Å². The molecule has 0 aliphatic carbocycles. The molecular weight excluding hydrogens is 532 g/mol. The van der Waals surface area contributed by atoms with Crippen molar-refractivity contribution in [3.8, 4) is 22.6 Å². The van der Waals surface area contributed by atoms with Crippen LogP contribution in [0.3, 0.4) is 0 Å². The number of fused-ring (bicyclic) bond motifs is 1.